The van der Waals surface area contributed by atoms with Crippen LogP contribution in [0.3, 0.4) is 0 Å². The first-order valence-electron chi connectivity index (χ1n) is 6.76. The van der Waals surface area contributed by atoms with E-state index in [1.54, 1.807) is 6.07 Å². The van der Waals surface area contributed by atoms with E-state index >= 15 is 0 Å². The average Bonchev–Trinajstić information content (AvgIpc) is 2.46. The fourth-order valence-corrected chi connectivity index (χ4v) is 2.76. The lowest BCUT2D eigenvalue weighted by Gasteiger charge is -2.32. The Kier molecular flexibility index (Phi) is 3.25. The number of hydrogen-bond donors (Lipinski definition) is 2. The maximum Gasteiger partial charge on any atom is 0.250 e. The number of carbonyl (C=O) groups is 1. The Labute approximate surface area is 122 Å². The molecule has 2 aromatic carbocycles. The average molecular weight is 285 g/mol. The summed E-state index contributed by atoms with van der Waals surface area (Å²) >= 11 is 0. The van der Waals surface area contributed by atoms with Crippen molar-refractivity contribution >= 4 is 17.3 Å². The molecule has 0 saturated heterocycles. The summed E-state index contributed by atoms with van der Waals surface area (Å²) in [7, 11) is 0. The number of amides is 1. The Morgan fingerprint density at radius 2 is 1.95 bits per heavy atom. The highest BCUT2D eigenvalue weighted by molar-refractivity contribution is 5.98. The van der Waals surface area contributed by atoms with Crippen molar-refractivity contribution in [2.24, 2.45) is 5.73 Å². The summed E-state index contributed by atoms with van der Waals surface area (Å²) in [4.78, 5) is 13.6. The molecule has 2 aromatic rings. The summed E-state index contributed by atoms with van der Waals surface area (Å²) < 4.78 is 13.3. The SMILES string of the molecule is NC(=O)c1cc(F)ccc1N1CCc2ccc(N)cc2C1. The van der Waals surface area contributed by atoms with E-state index in [0.717, 1.165) is 18.5 Å². The van der Waals surface area contributed by atoms with Crippen molar-refractivity contribution < 1.29 is 9.18 Å². The minimum atomic E-state index is -0.622. The van der Waals surface area contributed by atoms with E-state index in [-0.39, 0.29) is 5.56 Å². The number of benzene rings is 2. The van der Waals surface area contributed by atoms with Crippen molar-refractivity contribution in [1.82, 2.24) is 0 Å². The molecule has 0 aromatic heterocycles. The smallest absolute Gasteiger partial charge is 0.250 e. The molecule has 0 saturated carbocycles. The number of carbonyl (C=O) groups excluding carboxylic acids is 1. The first kappa shape index (κ1) is 13.4. The van der Waals surface area contributed by atoms with Crippen molar-refractivity contribution in [3.8, 4) is 0 Å². The van der Waals surface area contributed by atoms with Gasteiger partial charge >= 0.3 is 0 Å². The lowest BCUT2D eigenvalue weighted by atomic mass is 9.98. The van der Waals surface area contributed by atoms with Crippen LogP contribution in [0.4, 0.5) is 15.8 Å². The van der Waals surface area contributed by atoms with Gasteiger partial charge in [-0.25, -0.2) is 4.39 Å². The molecule has 1 aliphatic rings. The van der Waals surface area contributed by atoms with E-state index in [0.29, 0.717) is 17.9 Å². The summed E-state index contributed by atoms with van der Waals surface area (Å²) in [6.07, 6.45) is 0.852. The zero-order valence-electron chi connectivity index (χ0n) is 11.5. The van der Waals surface area contributed by atoms with Crippen LogP contribution >= 0.6 is 0 Å². The normalized spacial score (nSPS) is 13.9. The second-order valence-corrected chi connectivity index (χ2v) is 5.23. The van der Waals surface area contributed by atoms with Gasteiger partial charge in [0.15, 0.2) is 0 Å². The van der Waals surface area contributed by atoms with Crippen LogP contribution in [-0.2, 0) is 13.0 Å². The highest BCUT2D eigenvalue weighted by Crippen LogP contribution is 2.28. The molecule has 4 N–H and O–H groups in total. The van der Waals surface area contributed by atoms with Gasteiger partial charge in [0, 0.05) is 18.8 Å². The number of nitrogens with zero attached hydrogens (tertiary/aromatic N) is 1. The first-order chi connectivity index (χ1) is 10.0. The molecular weight excluding hydrogens is 269 g/mol. The summed E-state index contributed by atoms with van der Waals surface area (Å²) in [6, 6.07) is 9.99. The van der Waals surface area contributed by atoms with Crippen molar-refractivity contribution in [3.05, 3.63) is 58.9 Å². The van der Waals surface area contributed by atoms with Crippen LogP contribution in [0, 0.1) is 5.82 Å². The van der Waals surface area contributed by atoms with E-state index in [1.165, 1.54) is 17.7 Å². The predicted molar refractivity (Wildman–Crippen MR) is 80.5 cm³/mol. The van der Waals surface area contributed by atoms with Crippen LogP contribution in [0.25, 0.3) is 0 Å². The minimum Gasteiger partial charge on any atom is -0.399 e. The van der Waals surface area contributed by atoms with Gasteiger partial charge in [0.05, 0.1) is 11.3 Å². The molecule has 0 aliphatic carbocycles. The summed E-state index contributed by atoms with van der Waals surface area (Å²) in [5, 5.41) is 0. The number of nitrogen functional groups attached to an aromatic ring is 1. The number of nitrogens with two attached hydrogens (primary N) is 2. The zero-order chi connectivity index (χ0) is 15.0. The molecule has 0 radical (unpaired) electrons. The van der Waals surface area contributed by atoms with Gasteiger partial charge in [-0.1, -0.05) is 6.07 Å². The first-order valence-corrected chi connectivity index (χ1v) is 6.76. The van der Waals surface area contributed by atoms with E-state index in [9.17, 15) is 9.18 Å². The Morgan fingerprint density at radius 1 is 1.14 bits per heavy atom. The monoisotopic (exact) mass is 285 g/mol. The predicted octanol–water partition coefficient (Wildman–Crippen LogP) is 2.07. The summed E-state index contributed by atoms with van der Waals surface area (Å²) in [5.41, 5.74) is 15.1. The summed E-state index contributed by atoms with van der Waals surface area (Å²) in [5.74, 6) is -1.09. The quantitative estimate of drug-likeness (QED) is 0.830. The van der Waals surface area contributed by atoms with Crippen molar-refractivity contribution in [2.45, 2.75) is 13.0 Å². The Bertz CT molecular complexity index is 715. The molecule has 108 valence electrons. The molecule has 0 spiro atoms. The summed E-state index contributed by atoms with van der Waals surface area (Å²) in [6.45, 7) is 1.38. The maximum atomic E-state index is 13.3. The van der Waals surface area contributed by atoms with Gasteiger partial charge in [-0.15, -0.1) is 0 Å². The molecule has 0 atom stereocenters. The van der Waals surface area contributed by atoms with Crippen molar-refractivity contribution in [3.63, 3.8) is 0 Å². The largest absolute Gasteiger partial charge is 0.399 e. The van der Waals surface area contributed by atoms with E-state index in [4.69, 9.17) is 11.5 Å². The van der Waals surface area contributed by atoms with Crippen LogP contribution < -0.4 is 16.4 Å². The second-order valence-electron chi connectivity index (χ2n) is 5.23. The fourth-order valence-electron chi connectivity index (χ4n) is 2.76. The second kappa shape index (κ2) is 5.09. The third-order valence-electron chi connectivity index (χ3n) is 3.81. The van der Waals surface area contributed by atoms with E-state index in [1.807, 2.05) is 23.1 Å². The number of hydrogen-bond acceptors (Lipinski definition) is 3. The number of fused-ring (bicyclic) bond motifs is 1. The molecule has 1 amide bonds. The standard InChI is InChI=1S/C16H16FN3O/c17-12-2-4-15(14(8-12)16(19)21)20-6-5-10-1-3-13(18)7-11(10)9-20/h1-4,7-8H,5-6,9,18H2,(H2,19,21). The van der Waals surface area contributed by atoms with Crippen LogP contribution in [-0.4, -0.2) is 12.5 Å². The lowest BCUT2D eigenvalue weighted by Crippen LogP contribution is -2.32. The topological polar surface area (TPSA) is 72.4 Å². The highest BCUT2D eigenvalue weighted by atomic mass is 19.1. The van der Waals surface area contributed by atoms with Crippen molar-refractivity contribution in [1.29, 1.82) is 0 Å². The van der Waals surface area contributed by atoms with E-state index < -0.39 is 11.7 Å². The molecular formula is C16H16FN3O. The van der Waals surface area contributed by atoms with Gasteiger partial charge in [0.25, 0.3) is 5.91 Å². The Morgan fingerprint density at radius 3 is 2.71 bits per heavy atom. The van der Waals surface area contributed by atoms with Crippen LogP contribution in [0.2, 0.25) is 0 Å². The number of primary amides is 1. The maximum absolute atomic E-state index is 13.3. The third kappa shape index (κ3) is 2.54. The van der Waals surface area contributed by atoms with Gasteiger partial charge in [-0.05, 0) is 47.9 Å². The Hall–Kier alpha value is -2.56. The molecule has 0 bridgehead atoms. The van der Waals surface area contributed by atoms with Crippen molar-refractivity contribution in [2.75, 3.05) is 17.2 Å². The highest BCUT2D eigenvalue weighted by Gasteiger charge is 2.21. The molecule has 3 rings (SSSR count). The Balaban J connectivity index is 1.98. The molecule has 21 heavy (non-hydrogen) atoms. The van der Waals surface area contributed by atoms with Crippen LogP contribution in [0.1, 0.15) is 21.5 Å². The zero-order valence-corrected chi connectivity index (χ0v) is 11.5. The molecule has 5 heteroatoms. The van der Waals surface area contributed by atoms with Gasteiger partial charge in [0.2, 0.25) is 0 Å². The van der Waals surface area contributed by atoms with Gasteiger partial charge in [-0.3, -0.25) is 4.79 Å². The molecule has 1 aliphatic heterocycles. The molecule has 0 fully saturated rings. The molecule has 4 nitrogen and oxygen atoms in total. The molecule has 1 heterocycles. The van der Waals surface area contributed by atoms with Gasteiger partial charge < -0.3 is 16.4 Å². The molecule has 0 unspecified atom stereocenters. The van der Waals surface area contributed by atoms with Gasteiger partial charge in [0.1, 0.15) is 5.82 Å². The van der Waals surface area contributed by atoms with Gasteiger partial charge in [-0.2, -0.15) is 0 Å². The fraction of sp³-hybridized carbons (Fsp3) is 0.188. The van der Waals surface area contributed by atoms with Crippen LogP contribution in [0.15, 0.2) is 36.4 Å². The van der Waals surface area contributed by atoms with Crippen LogP contribution in [0.5, 0.6) is 0 Å². The third-order valence-corrected chi connectivity index (χ3v) is 3.81. The number of halogens is 1. The lowest BCUT2D eigenvalue weighted by molar-refractivity contribution is 0.1000. The number of rotatable bonds is 2. The van der Waals surface area contributed by atoms with E-state index in [2.05, 4.69) is 0 Å². The number of anilines is 2. The minimum absolute atomic E-state index is 0.211.